The molecule has 4 rings (SSSR count). The van der Waals surface area contributed by atoms with Crippen molar-refractivity contribution in [1.82, 2.24) is 25.1 Å². The highest BCUT2D eigenvalue weighted by molar-refractivity contribution is 8.00. The van der Waals surface area contributed by atoms with E-state index in [0.717, 1.165) is 25.7 Å². The minimum Gasteiger partial charge on any atom is -0.352 e. The SMILES string of the molecule is CC(Sc1nc2c(cnn2-c2cccc(Cl)c2)c(=O)[nH]1)C(=O)NC1CCCCCC1. The second kappa shape index (κ2) is 9.22. The van der Waals surface area contributed by atoms with Crippen LogP contribution in [0.15, 0.2) is 40.4 Å². The molecule has 0 aliphatic heterocycles. The molecule has 7 nitrogen and oxygen atoms in total. The van der Waals surface area contributed by atoms with E-state index in [1.54, 1.807) is 16.8 Å². The Bertz CT molecular complexity index is 1100. The molecule has 0 spiro atoms. The van der Waals surface area contributed by atoms with E-state index in [-0.39, 0.29) is 22.8 Å². The first-order valence-corrected chi connectivity index (χ1v) is 11.5. The number of carbonyl (C=O) groups excluding carboxylic acids is 1. The fourth-order valence-electron chi connectivity index (χ4n) is 3.71. The lowest BCUT2D eigenvalue weighted by Gasteiger charge is -2.19. The van der Waals surface area contributed by atoms with Crippen LogP contribution in [0.25, 0.3) is 16.7 Å². The van der Waals surface area contributed by atoms with Crippen LogP contribution < -0.4 is 10.9 Å². The summed E-state index contributed by atoms with van der Waals surface area (Å²) in [5.74, 6) is -0.0296. The van der Waals surface area contributed by atoms with Crippen molar-refractivity contribution >= 4 is 40.3 Å². The summed E-state index contributed by atoms with van der Waals surface area (Å²) in [4.78, 5) is 32.5. The van der Waals surface area contributed by atoms with Crippen molar-refractivity contribution in [2.24, 2.45) is 0 Å². The number of amides is 1. The highest BCUT2D eigenvalue weighted by Crippen LogP contribution is 2.23. The molecule has 30 heavy (non-hydrogen) atoms. The van der Waals surface area contributed by atoms with Crippen LogP contribution in [-0.2, 0) is 4.79 Å². The first-order chi connectivity index (χ1) is 14.5. The molecule has 0 saturated heterocycles. The molecule has 2 N–H and O–H groups in total. The summed E-state index contributed by atoms with van der Waals surface area (Å²) in [6.45, 7) is 1.83. The zero-order valence-electron chi connectivity index (χ0n) is 16.7. The van der Waals surface area contributed by atoms with E-state index in [1.165, 1.54) is 30.8 Å². The molecule has 2 heterocycles. The molecular weight excluding hydrogens is 422 g/mol. The molecule has 1 unspecified atom stereocenters. The van der Waals surface area contributed by atoms with E-state index in [0.29, 0.717) is 26.9 Å². The van der Waals surface area contributed by atoms with Crippen molar-refractivity contribution in [2.75, 3.05) is 0 Å². The molecule has 3 aromatic rings. The fourth-order valence-corrected chi connectivity index (χ4v) is 4.70. The average Bonchev–Trinajstić information content (AvgIpc) is 2.98. The van der Waals surface area contributed by atoms with E-state index in [9.17, 15) is 9.59 Å². The summed E-state index contributed by atoms with van der Waals surface area (Å²) in [5, 5.41) is 8.42. The second-order valence-corrected chi connectivity index (χ2v) is 9.37. The Kier molecular flexibility index (Phi) is 6.43. The van der Waals surface area contributed by atoms with Gasteiger partial charge in [0.2, 0.25) is 5.91 Å². The maximum absolute atomic E-state index is 12.7. The highest BCUT2D eigenvalue weighted by Gasteiger charge is 2.21. The first kappa shape index (κ1) is 20.9. The van der Waals surface area contributed by atoms with Crippen LogP contribution in [-0.4, -0.2) is 36.9 Å². The van der Waals surface area contributed by atoms with Gasteiger partial charge in [0.15, 0.2) is 10.8 Å². The number of aromatic nitrogens is 4. The van der Waals surface area contributed by atoms with Crippen LogP contribution in [0.2, 0.25) is 5.02 Å². The van der Waals surface area contributed by atoms with E-state index in [2.05, 4.69) is 20.4 Å². The van der Waals surface area contributed by atoms with Crippen molar-refractivity contribution in [1.29, 1.82) is 0 Å². The van der Waals surface area contributed by atoms with Gasteiger partial charge in [0.05, 0.1) is 17.1 Å². The number of hydrogen-bond donors (Lipinski definition) is 2. The number of thioether (sulfide) groups is 1. The molecule has 1 fully saturated rings. The Balaban J connectivity index is 1.54. The summed E-state index contributed by atoms with van der Waals surface area (Å²) in [6.07, 6.45) is 8.34. The number of halogens is 1. The van der Waals surface area contributed by atoms with Crippen molar-refractivity contribution in [3.05, 3.63) is 45.8 Å². The number of fused-ring (bicyclic) bond motifs is 1. The van der Waals surface area contributed by atoms with Crippen molar-refractivity contribution in [3.63, 3.8) is 0 Å². The summed E-state index contributed by atoms with van der Waals surface area (Å²) in [7, 11) is 0. The van der Waals surface area contributed by atoms with Gasteiger partial charge in [-0.2, -0.15) is 5.10 Å². The van der Waals surface area contributed by atoms with Crippen LogP contribution in [0.4, 0.5) is 0 Å². The number of aromatic amines is 1. The number of nitrogens with zero attached hydrogens (tertiary/aromatic N) is 3. The lowest BCUT2D eigenvalue weighted by molar-refractivity contribution is -0.121. The van der Waals surface area contributed by atoms with Gasteiger partial charge in [-0.15, -0.1) is 0 Å². The normalized spacial score (nSPS) is 16.3. The largest absolute Gasteiger partial charge is 0.352 e. The molecule has 1 aliphatic rings. The second-order valence-electron chi connectivity index (χ2n) is 7.60. The van der Waals surface area contributed by atoms with Gasteiger partial charge in [-0.05, 0) is 38.0 Å². The molecular formula is C21H24ClN5O2S. The third kappa shape index (κ3) is 4.70. The molecule has 1 saturated carbocycles. The Morgan fingerprint density at radius 2 is 2.07 bits per heavy atom. The standard InChI is InChI=1S/C21H24ClN5O2S/c1-13(19(28)24-15-8-4-2-3-5-9-15)30-21-25-18-17(20(29)26-21)12-23-27(18)16-10-6-7-14(22)11-16/h6-7,10-13,15H,2-5,8-9H2,1H3,(H,24,28)(H,25,26,29). The zero-order valence-corrected chi connectivity index (χ0v) is 18.3. The van der Waals surface area contributed by atoms with Gasteiger partial charge in [-0.25, -0.2) is 9.67 Å². The summed E-state index contributed by atoms with van der Waals surface area (Å²) < 4.78 is 1.58. The van der Waals surface area contributed by atoms with Crippen molar-refractivity contribution in [3.8, 4) is 5.69 Å². The van der Waals surface area contributed by atoms with Gasteiger partial charge >= 0.3 is 0 Å². The predicted octanol–water partition coefficient (Wildman–Crippen LogP) is 4.08. The lowest BCUT2D eigenvalue weighted by Crippen LogP contribution is -2.39. The molecule has 0 bridgehead atoms. The minimum atomic E-state index is -0.378. The molecule has 9 heteroatoms. The maximum Gasteiger partial charge on any atom is 0.262 e. The maximum atomic E-state index is 12.7. The average molecular weight is 446 g/mol. The quantitative estimate of drug-likeness (QED) is 0.350. The number of hydrogen-bond acceptors (Lipinski definition) is 5. The van der Waals surface area contributed by atoms with Gasteiger partial charge in [-0.3, -0.25) is 9.59 Å². The highest BCUT2D eigenvalue weighted by atomic mass is 35.5. The molecule has 1 atom stereocenters. The number of nitrogens with one attached hydrogen (secondary N) is 2. The minimum absolute atomic E-state index is 0.0296. The van der Waals surface area contributed by atoms with E-state index in [4.69, 9.17) is 11.6 Å². The van der Waals surface area contributed by atoms with Gasteiger partial charge in [0.1, 0.15) is 5.39 Å². The Morgan fingerprint density at radius 3 is 2.80 bits per heavy atom. The van der Waals surface area contributed by atoms with E-state index in [1.807, 2.05) is 19.1 Å². The summed E-state index contributed by atoms with van der Waals surface area (Å²) in [6, 6.07) is 7.42. The van der Waals surface area contributed by atoms with Crippen LogP contribution in [0.1, 0.15) is 45.4 Å². The smallest absolute Gasteiger partial charge is 0.262 e. The monoisotopic (exact) mass is 445 g/mol. The van der Waals surface area contributed by atoms with Crippen LogP contribution in [0.3, 0.4) is 0 Å². The van der Waals surface area contributed by atoms with Crippen LogP contribution >= 0.6 is 23.4 Å². The van der Waals surface area contributed by atoms with Gasteiger partial charge < -0.3 is 10.3 Å². The zero-order chi connectivity index (χ0) is 21.1. The molecule has 2 aromatic heterocycles. The topological polar surface area (TPSA) is 92.7 Å². The number of benzene rings is 1. The third-order valence-electron chi connectivity index (χ3n) is 5.33. The van der Waals surface area contributed by atoms with E-state index >= 15 is 0 Å². The van der Waals surface area contributed by atoms with Gasteiger partial charge in [0.25, 0.3) is 5.56 Å². The Labute approximate surface area is 183 Å². The number of carbonyl (C=O) groups is 1. The third-order valence-corrected chi connectivity index (χ3v) is 6.55. The Morgan fingerprint density at radius 1 is 1.30 bits per heavy atom. The number of H-pyrrole nitrogens is 1. The molecule has 1 aromatic carbocycles. The fraction of sp³-hybridized carbons (Fsp3) is 0.429. The van der Waals surface area contributed by atoms with Crippen molar-refractivity contribution < 1.29 is 4.79 Å². The molecule has 1 aliphatic carbocycles. The number of rotatable bonds is 5. The summed E-state index contributed by atoms with van der Waals surface area (Å²) in [5.41, 5.74) is 0.859. The first-order valence-electron chi connectivity index (χ1n) is 10.2. The van der Waals surface area contributed by atoms with Gasteiger partial charge in [-0.1, -0.05) is 55.1 Å². The predicted molar refractivity (Wildman–Crippen MR) is 119 cm³/mol. The van der Waals surface area contributed by atoms with E-state index < -0.39 is 0 Å². The summed E-state index contributed by atoms with van der Waals surface area (Å²) >= 11 is 7.33. The van der Waals surface area contributed by atoms with Crippen LogP contribution in [0, 0.1) is 0 Å². The van der Waals surface area contributed by atoms with Gasteiger partial charge in [0, 0.05) is 11.1 Å². The van der Waals surface area contributed by atoms with Crippen molar-refractivity contribution in [2.45, 2.75) is 61.9 Å². The Hall–Kier alpha value is -2.32. The molecule has 158 valence electrons. The lowest BCUT2D eigenvalue weighted by atomic mass is 10.1. The molecule has 0 radical (unpaired) electrons. The van der Waals surface area contributed by atoms with Crippen LogP contribution in [0.5, 0.6) is 0 Å². The molecule has 1 amide bonds.